The molecule has 26 heavy (non-hydrogen) atoms. The summed E-state index contributed by atoms with van der Waals surface area (Å²) in [4.78, 5) is 5.36. The van der Waals surface area contributed by atoms with Crippen LogP contribution < -0.4 is 11.1 Å². The molecule has 0 spiro atoms. The summed E-state index contributed by atoms with van der Waals surface area (Å²) in [7, 11) is 0. The van der Waals surface area contributed by atoms with Gasteiger partial charge >= 0.3 is 6.18 Å². The first-order chi connectivity index (χ1) is 12.3. The van der Waals surface area contributed by atoms with Crippen molar-refractivity contribution in [1.29, 1.82) is 0 Å². The van der Waals surface area contributed by atoms with Crippen LogP contribution in [0.4, 0.5) is 19.0 Å². The normalized spacial score (nSPS) is 27.5. The lowest BCUT2D eigenvalue weighted by molar-refractivity contribution is -0.141. The van der Waals surface area contributed by atoms with E-state index in [2.05, 4.69) is 15.2 Å². The van der Waals surface area contributed by atoms with Gasteiger partial charge in [0, 0.05) is 39.3 Å². The number of nitrogens with one attached hydrogen (secondary N) is 1. The van der Waals surface area contributed by atoms with Gasteiger partial charge in [-0.15, -0.1) is 0 Å². The largest absolute Gasteiger partial charge is 0.433 e. The van der Waals surface area contributed by atoms with Crippen LogP contribution in [0.2, 0.25) is 0 Å². The summed E-state index contributed by atoms with van der Waals surface area (Å²) in [5, 5.41) is 22.5. The van der Waals surface area contributed by atoms with Crippen molar-refractivity contribution in [1.82, 2.24) is 15.2 Å². The molecule has 148 valence electrons. The van der Waals surface area contributed by atoms with Crippen molar-refractivity contribution in [2.24, 2.45) is 0 Å². The third-order valence-electron chi connectivity index (χ3n) is 4.23. The first-order valence-corrected chi connectivity index (χ1v) is 8.48. The van der Waals surface area contributed by atoms with Crippen molar-refractivity contribution in [2.45, 2.75) is 30.9 Å². The summed E-state index contributed by atoms with van der Waals surface area (Å²) in [5.41, 5.74) is 4.08. The summed E-state index contributed by atoms with van der Waals surface area (Å²) in [6.07, 6.45) is -5.44. The number of aromatic nitrogens is 1. The van der Waals surface area contributed by atoms with E-state index < -0.39 is 24.1 Å². The average molecular weight is 378 g/mol. The second-order valence-corrected chi connectivity index (χ2v) is 6.25. The average Bonchev–Trinajstić information content (AvgIpc) is 2.60. The lowest BCUT2D eigenvalue weighted by Crippen LogP contribution is -2.53. The molecule has 3 heterocycles. The van der Waals surface area contributed by atoms with Crippen LogP contribution in [0.1, 0.15) is 12.1 Å². The Labute approximate surface area is 150 Å². The van der Waals surface area contributed by atoms with Crippen molar-refractivity contribution < 1.29 is 28.1 Å². The molecule has 7 nitrogen and oxygen atoms in total. The Morgan fingerprint density at radius 2 is 1.96 bits per heavy atom. The lowest BCUT2D eigenvalue weighted by atomic mass is 10.0. The van der Waals surface area contributed by atoms with Crippen molar-refractivity contribution in [3.63, 3.8) is 0 Å². The van der Waals surface area contributed by atoms with E-state index in [1.165, 1.54) is 12.1 Å². The van der Waals surface area contributed by atoms with Gasteiger partial charge in [-0.1, -0.05) is 6.07 Å². The molecule has 2 aliphatic heterocycles. The number of piperazine rings is 1. The standard InChI is InChI=1S/C10H20N2O3.C6H5F3N2/c13-8-1-6-15-9(10(8)14)7-12-4-2-11-3-5-12;7-6(8,9)4-2-1-3-5(10)11-4/h8-11,13-14H,1-7H2;1-3H,(H2,10,11). The van der Waals surface area contributed by atoms with Gasteiger partial charge in [-0.2, -0.15) is 13.2 Å². The summed E-state index contributed by atoms with van der Waals surface area (Å²) < 4.78 is 41.0. The van der Waals surface area contributed by atoms with E-state index in [0.29, 0.717) is 13.0 Å². The minimum atomic E-state index is -4.41. The van der Waals surface area contributed by atoms with Gasteiger partial charge in [0.1, 0.15) is 17.6 Å². The molecule has 0 bridgehead atoms. The van der Waals surface area contributed by atoms with Crippen molar-refractivity contribution in [3.05, 3.63) is 23.9 Å². The molecule has 0 radical (unpaired) electrons. The molecule has 0 aromatic carbocycles. The molecule has 0 saturated carbocycles. The van der Waals surface area contributed by atoms with Crippen LogP contribution in [0.5, 0.6) is 0 Å². The van der Waals surface area contributed by atoms with Crippen LogP contribution in [0.25, 0.3) is 0 Å². The van der Waals surface area contributed by atoms with Gasteiger partial charge in [0.25, 0.3) is 0 Å². The SMILES string of the molecule is Nc1cccc(C(F)(F)F)n1.OC1CCOC(CN2CCNCC2)C1O. The number of alkyl halides is 3. The highest BCUT2D eigenvalue weighted by atomic mass is 19.4. The quantitative estimate of drug-likeness (QED) is 0.578. The summed E-state index contributed by atoms with van der Waals surface area (Å²) >= 11 is 0. The number of aliphatic hydroxyl groups is 2. The molecule has 2 saturated heterocycles. The monoisotopic (exact) mass is 378 g/mol. The van der Waals surface area contributed by atoms with Gasteiger partial charge in [-0.05, 0) is 18.6 Å². The minimum Gasteiger partial charge on any atom is -0.390 e. The second kappa shape index (κ2) is 9.47. The number of anilines is 1. The number of halogens is 3. The van der Waals surface area contributed by atoms with E-state index in [9.17, 15) is 23.4 Å². The van der Waals surface area contributed by atoms with Gasteiger partial charge in [0.15, 0.2) is 0 Å². The Balaban J connectivity index is 0.000000197. The molecule has 3 atom stereocenters. The Kier molecular flexibility index (Phi) is 7.59. The lowest BCUT2D eigenvalue weighted by Gasteiger charge is -2.36. The molecule has 1 aromatic rings. The van der Waals surface area contributed by atoms with Crippen LogP contribution in [0.3, 0.4) is 0 Å². The molecule has 2 fully saturated rings. The highest BCUT2D eigenvalue weighted by molar-refractivity contribution is 5.29. The molecular formula is C16H25F3N4O3. The van der Waals surface area contributed by atoms with E-state index in [4.69, 9.17) is 10.5 Å². The molecule has 5 N–H and O–H groups in total. The summed E-state index contributed by atoms with van der Waals surface area (Å²) in [5.74, 6) is -0.125. The Hall–Kier alpha value is -1.46. The predicted octanol–water partition coefficient (Wildman–Crippen LogP) is 0.0849. The zero-order chi connectivity index (χ0) is 19.2. The molecule has 3 rings (SSSR count). The number of nitrogens with two attached hydrogens (primary N) is 1. The van der Waals surface area contributed by atoms with Crippen molar-refractivity contribution in [2.75, 3.05) is 45.1 Å². The van der Waals surface area contributed by atoms with Gasteiger partial charge in [0.05, 0.1) is 12.2 Å². The van der Waals surface area contributed by atoms with Gasteiger partial charge in [0.2, 0.25) is 0 Å². The first kappa shape index (κ1) is 20.8. The molecule has 0 amide bonds. The highest BCUT2D eigenvalue weighted by Gasteiger charge is 2.33. The van der Waals surface area contributed by atoms with Gasteiger partial charge in [-0.25, -0.2) is 4.98 Å². The third-order valence-corrected chi connectivity index (χ3v) is 4.23. The zero-order valence-electron chi connectivity index (χ0n) is 14.3. The van der Waals surface area contributed by atoms with Crippen molar-refractivity contribution >= 4 is 5.82 Å². The summed E-state index contributed by atoms with van der Waals surface area (Å²) in [6, 6.07) is 3.39. The Morgan fingerprint density at radius 3 is 2.54 bits per heavy atom. The number of hydrogen-bond donors (Lipinski definition) is 4. The number of ether oxygens (including phenoxy) is 1. The number of hydrogen-bond acceptors (Lipinski definition) is 7. The minimum absolute atomic E-state index is 0.125. The zero-order valence-corrected chi connectivity index (χ0v) is 14.3. The fourth-order valence-corrected chi connectivity index (χ4v) is 2.78. The first-order valence-electron chi connectivity index (χ1n) is 8.48. The van der Waals surface area contributed by atoms with E-state index in [1.807, 2.05) is 0 Å². The van der Waals surface area contributed by atoms with Gasteiger partial charge in [-0.3, -0.25) is 4.90 Å². The fraction of sp³-hybridized carbons (Fsp3) is 0.688. The van der Waals surface area contributed by atoms with Crippen LogP contribution in [-0.4, -0.2) is 77.7 Å². The number of rotatable bonds is 2. The number of aliphatic hydroxyl groups excluding tert-OH is 2. The maximum absolute atomic E-state index is 11.8. The van der Waals surface area contributed by atoms with Crippen LogP contribution in [0.15, 0.2) is 18.2 Å². The highest BCUT2D eigenvalue weighted by Crippen LogP contribution is 2.27. The van der Waals surface area contributed by atoms with E-state index in [1.54, 1.807) is 0 Å². The fourth-order valence-electron chi connectivity index (χ4n) is 2.78. The third kappa shape index (κ3) is 6.36. The maximum atomic E-state index is 11.8. The van der Waals surface area contributed by atoms with Crippen molar-refractivity contribution in [3.8, 4) is 0 Å². The number of nitrogens with zero attached hydrogens (tertiary/aromatic N) is 2. The van der Waals surface area contributed by atoms with E-state index >= 15 is 0 Å². The van der Waals surface area contributed by atoms with E-state index in [-0.39, 0.29) is 11.9 Å². The van der Waals surface area contributed by atoms with Crippen LogP contribution >= 0.6 is 0 Å². The molecule has 0 aliphatic carbocycles. The Bertz CT molecular complexity index is 556. The molecule has 2 aliphatic rings. The predicted molar refractivity (Wildman–Crippen MR) is 89.3 cm³/mol. The maximum Gasteiger partial charge on any atom is 0.433 e. The molecule has 1 aromatic heterocycles. The second-order valence-electron chi connectivity index (χ2n) is 6.25. The Morgan fingerprint density at radius 1 is 1.27 bits per heavy atom. The number of nitrogen functional groups attached to an aromatic ring is 1. The van der Waals surface area contributed by atoms with E-state index in [0.717, 1.165) is 38.8 Å². The molecule has 3 unspecified atom stereocenters. The van der Waals surface area contributed by atoms with Gasteiger partial charge < -0.3 is 26.0 Å². The molecule has 10 heteroatoms. The van der Waals surface area contributed by atoms with Crippen LogP contribution in [0, 0.1) is 0 Å². The smallest absolute Gasteiger partial charge is 0.390 e. The summed E-state index contributed by atoms with van der Waals surface area (Å²) in [6.45, 7) is 5.23. The number of pyridine rings is 1. The molecular weight excluding hydrogens is 353 g/mol. The van der Waals surface area contributed by atoms with Crippen LogP contribution in [-0.2, 0) is 10.9 Å². The topological polar surface area (TPSA) is 104 Å².